The van der Waals surface area contributed by atoms with Crippen molar-refractivity contribution in [2.45, 2.75) is 70.9 Å². The highest BCUT2D eigenvalue weighted by Gasteiger charge is 2.27. The summed E-state index contributed by atoms with van der Waals surface area (Å²) in [6.07, 6.45) is 6.88. The third-order valence-electron chi connectivity index (χ3n) is 5.51. The van der Waals surface area contributed by atoms with E-state index in [4.69, 9.17) is 21.1 Å². The highest BCUT2D eigenvalue weighted by atomic mass is 35.5. The van der Waals surface area contributed by atoms with Crippen molar-refractivity contribution in [3.63, 3.8) is 0 Å². The van der Waals surface area contributed by atoms with E-state index in [1.807, 2.05) is 26.8 Å². The summed E-state index contributed by atoms with van der Waals surface area (Å²) in [4.78, 5) is 11.2. The molecule has 0 saturated carbocycles. The van der Waals surface area contributed by atoms with Crippen molar-refractivity contribution in [2.75, 3.05) is 13.7 Å². The number of alkyl halides is 1. The Morgan fingerprint density at radius 2 is 1.97 bits per heavy atom. The number of nitrogens with one attached hydrogen (secondary N) is 1. The number of rotatable bonds is 11. The molecule has 0 saturated heterocycles. The number of aromatic hydroxyl groups is 1. The Balaban J connectivity index is 1.86. The van der Waals surface area contributed by atoms with Crippen LogP contribution in [0.5, 0.6) is 17.2 Å². The van der Waals surface area contributed by atoms with Gasteiger partial charge in [0.15, 0.2) is 11.5 Å². The molecule has 1 aliphatic heterocycles. The van der Waals surface area contributed by atoms with Gasteiger partial charge in [-0.1, -0.05) is 17.2 Å². The number of hydrogen-bond donors (Lipinski definition) is 3. The largest absolute Gasteiger partial charge is 0.504 e. The van der Waals surface area contributed by atoms with Gasteiger partial charge in [0, 0.05) is 12.1 Å². The molecule has 0 bridgehead atoms. The number of benzene rings is 1. The van der Waals surface area contributed by atoms with E-state index in [2.05, 4.69) is 18.3 Å². The molecule has 172 valence electrons. The van der Waals surface area contributed by atoms with E-state index in [0.717, 1.165) is 19.3 Å². The molecule has 7 heteroatoms. The number of carbonyl (C=O) groups excluding carboxylic acids is 1. The molecule has 1 aromatic rings. The van der Waals surface area contributed by atoms with Crippen LogP contribution in [0.2, 0.25) is 0 Å². The summed E-state index contributed by atoms with van der Waals surface area (Å²) in [7, 11) is 1.48. The SMILES string of the molecule is COc1cc2c(c(O)c1OC/C=C(\C)CC/C=C(\C)CC[C@H](O)C(C)(C)Cl)CNC2=O. The van der Waals surface area contributed by atoms with Gasteiger partial charge in [-0.05, 0) is 65.5 Å². The van der Waals surface area contributed by atoms with Gasteiger partial charge in [-0.2, -0.15) is 0 Å². The summed E-state index contributed by atoms with van der Waals surface area (Å²) in [5, 5.41) is 23.2. The smallest absolute Gasteiger partial charge is 0.252 e. The van der Waals surface area contributed by atoms with Gasteiger partial charge < -0.3 is 25.0 Å². The van der Waals surface area contributed by atoms with Crippen molar-refractivity contribution < 1.29 is 24.5 Å². The number of phenolic OH excluding ortho intramolecular Hbond substituents is 1. The van der Waals surface area contributed by atoms with Crippen molar-refractivity contribution in [1.29, 1.82) is 0 Å². The molecule has 1 aliphatic rings. The molecule has 6 nitrogen and oxygen atoms in total. The van der Waals surface area contributed by atoms with E-state index in [1.165, 1.54) is 18.3 Å². The summed E-state index contributed by atoms with van der Waals surface area (Å²) in [5.41, 5.74) is 3.35. The summed E-state index contributed by atoms with van der Waals surface area (Å²) in [5.74, 6) is 0.299. The molecule has 0 spiro atoms. The van der Waals surface area contributed by atoms with Crippen LogP contribution >= 0.6 is 11.6 Å². The number of phenols is 1. The highest BCUT2D eigenvalue weighted by Crippen LogP contribution is 2.42. The Morgan fingerprint density at radius 1 is 1.29 bits per heavy atom. The van der Waals surface area contributed by atoms with Crippen molar-refractivity contribution in [1.82, 2.24) is 5.32 Å². The Hall–Kier alpha value is -2.18. The van der Waals surface area contributed by atoms with Crippen LogP contribution in [0.4, 0.5) is 0 Å². The second-order valence-corrected chi connectivity index (χ2v) is 9.51. The standard InChI is InChI=1S/C24H34ClNO5/c1-15(9-10-20(27)24(3,4)25)7-6-8-16(2)11-12-31-22-19(30-5)13-17-18(21(22)28)14-26-23(17)29/h7,11,13,20,27-28H,6,8-10,12,14H2,1-5H3,(H,26,29)/b15-7+,16-11+/t20-/m0/s1. The molecule has 0 aliphatic carbocycles. The molecule has 1 atom stereocenters. The Kier molecular flexibility index (Phi) is 8.83. The second kappa shape index (κ2) is 10.9. The molecule has 1 amide bonds. The molecule has 1 aromatic carbocycles. The average Bonchev–Trinajstić information content (AvgIpc) is 3.07. The Bertz CT molecular complexity index is 855. The number of fused-ring (bicyclic) bond motifs is 1. The van der Waals surface area contributed by atoms with Crippen LogP contribution in [0.1, 0.15) is 69.3 Å². The lowest BCUT2D eigenvalue weighted by atomic mass is 9.98. The first-order valence-electron chi connectivity index (χ1n) is 10.6. The molecule has 0 aromatic heterocycles. The van der Waals surface area contributed by atoms with Gasteiger partial charge in [0.2, 0.25) is 5.75 Å². The molecule has 31 heavy (non-hydrogen) atoms. The van der Waals surface area contributed by atoms with Crippen molar-refractivity contribution in [2.24, 2.45) is 0 Å². The third kappa shape index (κ3) is 6.91. The van der Waals surface area contributed by atoms with Gasteiger partial charge in [-0.25, -0.2) is 0 Å². The molecule has 3 N–H and O–H groups in total. The number of aliphatic hydroxyl groups excluding tert-OH is 1. The average molecular weight is 452 g/mol. The minimum absolute atomic E-state index is 0.0559. The quantitative estimate of drug-likeness (QED) is 0.330. The topological polar surface area (TPSA) is 88.0 Å². The zero-order valence-electron chi connectivity index (χ0n) is 19.0. The van der Waals surface area contributed by atoms with E-state index in [9.17, 15) is 15.0 Å². The number of halogens is 1. The summed E-state index contributed by atoms with van der Waals surface area (Å²) >= 11 is 6.14. The number of allylic oxidation sites excluding steroid dienone is 3. The van der Waals surface area contributed by atoms with Crippen LogP contribution in [-0.4, -0.2) is 40.8 Å². The van der Waals surface area contributed by atoms with Crippen LogP contribution in [0.25, 0.3) is 0 Å². The molecule has 0 radical (unpaired) electrons. The molecule has 0 unspecified atom stereocenters. The zero-order chi connectivity index (χ0) is 23.2. The van der Waals surface area contributed by atoms with Crippen LogP contribution < -0.4 is 14.8 Å². The van der Waals surface area contributed by atoms with Gasteiger partial charge in [0.1, 0.15) is 6.61 Å². The van der Waals surface area contributed by atoms with E-state index in [1.54, 1.807) is 6.07 Å². The van der Waals surface area contributed by atoms with Crippen LogP contribution in [0.3, 0.4) is 0 Å². The third-order valence-corrected chi connectivity index (χ3v) is 5.76. The van der Waals surface area contributed by atoms with Gasteiger partial charge in [-0.15, -0.1) is 11.6 Å². The predicted molar refractivity (Wildman–Crippen MR) is 123 cm³/mol. The number of amides is 1. The normalized spacial score (nSPS) is 15.5. The monoisotopic (exact) mass is 451 g/mol. The van der Waals surface area contributed by atoms with Gasteiger partial charge in [-0.3, -0.25) is 4.79 Å². The first kappa shape index (κ1) is 25.1. The maximum atomic E-state index is 11.8. The molecule has 2 rings (SSSR count). The number of aliphatic hydroxyl groups is 1. The van der Waals surface area contributed by atoms with E-state index in [-0.39, 0.29) is 30.6 Å². The van der Waals surface area contributed by atoms with Gasteiger partial charge in [0.25, 0.3) is 5.91 Å². The van der Waals surface area contributed by atoms with Gasteiger partial charge in [0.05, 0.1) is 23.7 Å². The van der Waals surface area contributed by atoms with Crippen molar-refractivity contribution in [3.05, 3.63) is 40.5 Å². The predicted octanol–water partition coefficient (Wildman–Crippen LogP) is 4.85. The maximum Gasteiger partial charge on any atom is 0.252 e. The lowest BCUT2D eigenvalue weighted by molar-refractivity contribution is 0.0965. The number of hydrogen-bond acceptors (Lipinski definition) is 5. The lowest BCUT2D eigenvalue weighted by Crippen LogP contribution is -2.29. The zero-order valence-corrected chi connectivity index (χ0v) is 19.8. The summed E-state index contributed by atoms with van der Waals surface area (Å²) in [6, 6.07) is 1.60. The fourth-order valence-corrected chi connectivity index (χ4v) is 3.44. The van der Waals surface area contributed by atoms with E-state index >= 15 is 0 Å². The minimum Gasteiger partial charge on any atom is -0.504 e. The summed E-state index contributed by atoms with van der Waals surface area (Å²) in [6.45, 7) is 8.31. The van der Waals surface area contributed by atoms with Crippen LogP contribution in [0.15, 0.2) is 29.4 Å². The van der Waals surface area contributed by atoms with Crippen molar-refractivity contribution >= 4 is 17.5 Å². The highest BCUT2D eigenvalue weighted by molar-refractivity contribution is 6.23. The van der Waals surface area contributed by atoms with E-state index in [0.29, 0.717) is 23.3 Å². The second-order valence-electron chi connectivity index (χ2n) is 8.53. The van der Waals surface area contributed by atoms with E-state index < -0.39 is 11.0 Å². The Morgan fingerprint density at radius 3 is 2.61 bits per heavy atom. The molecule has 0 fully saturated rings. The maximum absolute atomic E-state index is 11.8. The lowest BCUT2D eigenvalue weighted by Gasteiger charge is -2.23. The fraction of sp³-hybridized carbons (Fsp3) is 0.542. The number of methoxy groups -OCH3 is 1. The fourth-order valence-electron chi connectivity index (χ4n) is 3.33. The molecular weight excluding hydrogens is 418 g/mol. The van der Waals surface area contributed by atoms with Crippen LogP contribution in [0, 0.1) is 0 Å². The number of carbonyl (C=O) groups is 1. The first-order valence-corrected chi connectivity index (χ1v) is 10.9. The van der Waals surface area contributed by atoms with Crippen LogP contribution in [-0.2, 0) is 6.54 Å². The molecule has 1 heterocycles. The van der Waals surface area contributed by atoms with Gasteiger partial charge >= 0.3 is 0 Å². The first-order chi connectivity index (χ1) is 14.5. The summed E-state index contributed by atoms with van der Waals surface area (Å²) < 4.78 is 11.1. The molecular formula is C24H34ClNO5. The minimum atomic E-state index is -0.610. The number of ether oxygens (including phenoxy) is 2. The Labute approximate surface area is 189 Å². The van der Waals surface area contributed by atoms with Crippen molar-refractivity contribution in [3.8, 4) is 17.2 Å².